The second kappa shape index (κ2) is 11.4. The molecule has 0 aliphatic heterocycles. The Morgan fingerprint density at radius 3 is 1.78 bits per heavy atom. The first-order valence-electron chi connectivity index (χ1n) is 18.9. The fourth-order valence-electron chi connectivity index (χ4n) is 9.81. The van der Waals surface area contributed by atoms with Crippen LogP contribution in [0.2, 0.25) is 0 Å². The fraction of sp³-hybridized carbons (Fsp3) is 0.0769. The van der Waals surface area contributed by atoms with E-state index in [-0.39, 0.29) is 5.41 Å². The Balaban J connectivity index is 1.25. The number of rotatable bonds is 5. The zero-order chi connectivity index (χ0) is 36.0. The molecule has 0 unspecified atom stereocenters. The van der Waals surface area contributed by atoms with Gasteiger partial charge in [-0.2, -0.15) is 0 Å². The average Bonchev–Trinajstić information content (AvgIpc) is 3.83. The van der Waals surface area contributed by atoms with Gasteiger partial charge in [0.2, 0.25) is 0 Å². The van der Waals surface area contributed by atoms with Crippen molar-refractivity contribution in [1.82, 2.24) is 0 Å². The van der Waals surface area contributed by atoms with Gasteiger partial charge in [0, 0.05) is 27.4 Å². The van der Waals surface area contributed by atoms with E-state index in [1.165, 1.54) is 55.6 Å². The molecule has 2 nitrogen and oxygen atoms in total. The molecular weight excluding hydrogens is 655 g/mol. The second-order valence-corrected chi connectivity index (χ2v) is 15.2. The Labute approximate surface area is 315 Å². The molecule has 11 rings (SSSR count). The third-order valence-electron chi connectivity index (χ3n) is 12.2. The SMILES string of the molecule is CC1(C)c2ccccc2-c2c(N(c3ccc4c(c3)C(c3ccccc3)(c3ccccc3)c3ccccc3-4)c3cccc4c3oc3ccccc34)cccc21. The van der Waals surface area contributed by atoms with Crippen LogP contribution in [0.15, 0.2) is 192 Å². The zero-order valence-electron chi connectivity index (χ0n) is 30.3. The van der Waals surface area contributed by atoms with E-state index in [4.69, 9.17) is 4.42 Å². The predicted octanol–water partition coefficient (Wildman–Crippen LogP) is 13.7. The normalized spacial score (nSPS) is 14.4. The molecule has 8 aromatic carbocycles. The van der Waals surface area contributed by atoms with Crippen LogP contribution < -0.4 is 4.90 Å². The minimum Gasteiger partial charge on any atom is -0.454 e. The molecule has 0 fully saturated rings. The second-order valence-electron chi connectivity index (χ2n) is 15.2. The molecule has 9 aromatic rings. The molecule has 0 amide bonds. The van der Waals surface area contributed by atoms with Gasteiger partial charge in [-0.05, 0) is 80.4 Å². The molecular formula is C52H37NO. The quantitative estimate of drug-likeness (QED) is 0.179. The Bertz CT molecular complexity index is 2880. The van der Waals surface area contributed by atoms with Crippen molar-refractivity contribution < 1.29 is 4.42 Å². The lowest BCUT2D eigenvalue weighted by molar-refractivity contribution is 0.660. The van der Waals surface area contributed by atoms with E-state index in [0.717, 1.165) is 39.0 Å². The van der Waals surface area contributed by atoms with Crippen molar-refractivity contribution >= 4 is 39.0 Å². The number of benzene rings is 8. The summed E-state index contributed by atoms with van der Waals surface area (Å²) in [6, 6.07) is 68.9. The molecule has 0 saturated carbocycles. The highest BCUT2D eigenvalue weighted by molar-refractivity contribution is 6.11. The van der Waals surface area contributed by atoms with Gasteiger partial charge in [0.25, 0.3) is 0 Å². The van der Waals surface area contributed by atoms with E-state index in [9.17, 15) is 0 Å². The summed E-state index contributed by atoms with van der Waals surface area (Å²) in [6.45, 7) is 4.71. The highest BCUT2D eigenvalue weighted by atomic mass is 16.3. The van der Waals surface area contributed by atoms with Crippen LogP contribution in [0.3, 0.4) is 0 Å². The van der Waals surface area contributed by atoms with Gasteiger partial charge in [0.05, 0.1) is 16.8 Å². The van der Waals surface area contributed by atoms with E-state index in [1.807, 2.05) is 0 Å². The first-order chi connectivity index (χ1) is 26.6. The molecule has 1 heterocycles. The van der Waals surface area contributed by atoms with E-state index in [1.54, 1.807) is 0 Å². The van der Waals surface area contributed by atoms with Crippen molar-refractivity contribution in [3.8, 4) is 22.3 Å². The lowest BCUT2D eigenvalue weighted by Gasteiger charge is -2.35. The van der Waals surface area contributed by atoms with Gasteiger partial charge in [-0.25, -0.2) is 0 Å². The lowest BCUT2D eigenvalue weighted by atomic mass is 9.67. The van der Waals surface area contributed by atoms with Gasteiger partial charge in [-0.3, -0.25) is 0 Å². The highest BCUT2D eigenvalue weighted by Gasteiger charge is 2.46. The summed E-state index contributed by atoms with van der Waals surface area (Å²) in [4.78, 5) is 2.46. The highest BCUT2D eigenvalue weighted by Crippen LogP contribution is 2.59. The predicted molar refractivity (Wildman–Crippen MR) is 223 cm³/mol. The third kappa shape index (κ3) is 4.11. The molecule has 1 aromatic heterocycles. The van der Waals surface area contributed by atoms with Gasteiger partial charge < -0.3 is 9.32 Å². The van der Waals surface area contributed by atoms with Crippen molar-refractivity contribution in [2.45, 2.75) is 24.7 Å². The Morgan fingerprint density at radius 2 is 1.00 bits per heavy atom. The number of fused-ring (bicyclic) bond motifs is 9. The largest absolute Gasteiger partial charge is 0.454 e. The molecule has 0 spiro atoms. The van der Waals surface area contributed by atoms with Crippen molar-refractivity contribution in [2.24, 2.45) is 0 Å². The van der Waals surface area contributed by atoms with Gasteiger partial charge >= 0.3 is 0 Å². The summed E-state index contributed by atoms with van der Waals surface area (Å²) in [5, 5.41) is 2.23. The summed E-state index contributed by atoms with van der Waals surface area (Å²) in [7, 11) is 0. The number of anilines is 3. The van der Waals surface area contributed by atoms with Crippen LogP contribution in [0.4, 0.5) is 17.1 Å². The molecule has 2 aliphatic rings. The van der Waals surface area contributed by atoms with Crippen molar-refractivity contribution in [3.63, 3.8) is 0 Å². The monoisotopic (exact) mass is 691 g/mol. The molecule has 0 bridgehead atoms. The molecule has 0 N–H and O–H groups in total. The van der Waals surface area contributed by atoms with Crippen molar-refractivity contribution in [3.05, 3.63) is 221 Å². The smallest absolute Gasteiger partial charge is 0.159 e. The summed E-state index contributed by atoms with van der Waals surface area (Å²) in [5.74, 6) is 0. The first-order valence-corrected chi connectivity index (χ1v) is 18.9. The minimum absolute atomic E-state index is 0.145. The molecule has 2 heteroatoms. The minimum atomic E-state index is -0.519. The van der Waals surface area contributed by atoms with Crippen LogP contribution in [0.1, 0.15) is 47.2 Å². The van der Waals surface area contributed by atoms with E-state index < -0.39 is 5.41 Å². The summed E-state index contributed by atoms with van der Waals surface area (Å²) >= 11 is 0. The zero-order valence-corrected chi connectivity index (χ0v) is 30.3. The van der Waals surface area contributed by atoms with Crippen LogP contribution in [-0.4, -0.2) is 0 Å². The molecule has 0 saturated heterocycles. The van der Waals surface area contributed by atoms with Crippen molar-refractivity contribution in [2.75, 3.05) is 4.90 Å². The Morgan fingerprint density at radius 1 is 0.426 bits per heavy atom. The van der Waals surface area contributed by atoms with Gasteiger partial charge in [0.15, 0.2) is 5.58 Å². The fourth-order valence-corrected chi connectivity index (χ4v) is 9.81. The molecule has 256 valence electrons. The molecule has 2 aliphatic carbocycles. The summed E-state index contributed by atoms with van der Waals surface area (Å²) < 4.78 is 6.82. The number of nitrogens with zero attached hydrogens (tertiary/aromatic N) is 1. The Hall–Kier alpha value is -6.64. The molecule has 0 radical (unpaired) electrons. The van der Waals surface area contributed by atoms with Gasteiger partial charge in [-0.1, -0.05) is 172 Å². The summed E-state index contributed by atoms with van der Waals surface area (Å²) in [6.07, 6.45) is 0. The molecule has 0 atom stereocenters. The number of para-hydroxylation sites is 2. The standard InChI is InChI=1S/C52H37NO/c1-51(2)42-25-12-10-23-41(42)49-44(51)27-16-28-46(49)53(47-29-15-24-40-39-22-11-14-30-48(39)54-50(40)47)36-31-32-38-37-21-9-13-26-43(37)52(45(38)33-36,34-17-5-3-6-18-34)35-19-7-4-8-20-35/h3-33H,1-2H3. The maximum atomic E-state index is 6.82. The van der Waals surface area contributed by atoms with Crippen LogP contribution in [-0.2, 0) is 10.8 Å². The average molecular weight is 692 g/mol. The maximum Gasteiger partial charge on any atom is 0.159 e. The van der Waals surface area contributed by atoms with Gasteiger partial charge in [-0.15, -0.1) is 0 Å². The lowest BCUT2D eigenvalue weighted by Crippen LogP contribution is -2.28. The van der Waals surface area contributed by atoms with Crippen LogP contribution in [0.25, 0.3) is 44.2 Å². The van der Waals surface area contributed by atoms with E-state index >= 15 is 0 Å². The topological polar surface area (TPSA) is 16.4 Å². The van der Waals surface area contributed by atoms with Crippen LogP contribution >= 0.6 is 0 Å². The first kappa shape index (κ1) is 30.9. The van der Waals surface area contributed by atoms with Crippen LogP contribution in [0, 0.1) is 0 Å². The number of hydrogen-bond donors (Lipinski definition) is 0. The number of hydrogen-bond acceptors (Lipinski definition) is 2. The molecule has 54 heavy (non-hydrogen) atoms. The van der Waals surface area contributed by atoms with Crippen molar-refractivity contribution in [1.29, 1.82) is 0 Å². The van der Waals surface area contributed by atoms with Gasteiger partial charge in [0.1, 0.15) is 5.58 Å². The summed E-state index contributed by atoms with van der Waals surface area (Å²) in [5.41, 5.74) is 17.2. The third-order valence-corrected chi connectivity index (χ3v) is 12.2. The Kier molecular flexibility index (Phi) is 6.55. The van der Waals surface area contributed by atoms with E-state index in [2.05, 4.69) is 207 Å². The maximum absolute atomic E-state index is 6.82. The van der Waals surface area contributed by atoms with Crippen LogP contribution in [0.5, 0.6) is 0 Å². The van der Waals surface area contributed by atoms with E-state index in [0.29, 0.717) is 0 Å². The number of furan rings is 1.